The average molecular weight is 338 g/mol. The second-order valence-electron chi connectivity index (χ2n) is 5.81. The molecule has 2 amide bonds. The fraction of sp³-hybridized carbons (Fsp3) is 0.158. The monoisotopic (exact) mass is 338 g/mol. The highest BCUT2D eigenvalue weighted by atomic mass is 16.5. The third-order valence-electron chi connectivity index (χ3n) is 4.17. The van der Waals surface area contributed by atoms with E-state index >= 15 is 0 Å². The van der Waals surface area contributed by atoms with Crippen LogP contribution in [-0.4, -0.2) is 17.0 Å². The number of carbonyl (C=O) groups excluding carboxylic acids is 2. The summed E-state index contributed by atoms with van der Waals surface area (Å²) in [6.07, 6.45) is 0. The van der Waals surface area contributed by atoms with Crippen LogP contribution in [0.2, 0.25) is 0 Å². The van der Waals surface area contributed by atoms with E-state index in [1.807, 2.05) is 38.1 Å². The highest BCUT2D eigenvalue weighted by Crippen LogP contribution is 2.25. The van der Waals surface area contributed by atoms with Crippen LogP contribution in [0.1, 0.15) is 45.0 Å². The first-order chi connectivity index (χ1) is 12.0. The van der Waals surface area contributed by atoms with E-state index in [0.29, 0.717) is 16.9 Å². The molecule has 1 atom stereocenters. The summed E-state index contributed by atoms with van der Waals surface area (Å²) in [7, 11) is 0. The molecule has 2 aromatic carbocycles. The maximum absolute atomic E-state index is 12.5. The molecule has 0 aliphatic heterocycles. The molecule has 3 aromatic rings. The Morgan fingerprint density at radius 1 is 1.04 bits per heavy atom. The normalized spacial score (nSPS) is 12.0. The molecule has 0 radical (unpaired) electrons. The van der Waals surface area contributed by atoms with Crippen molar-refractivity contribution in [2.24, 2.45) is 0 Å². The summed E-state index contributed by atoms with van der Waals surface area (Å²) < 4.78 is 5.67. The molecule has 25 heavy (non-hydrogen) atoms. The summed E-state index contributed by atoms with van der Waals surface area (Å²) in [4.78, 5) is 23.9. The smallest absolute Gasteiger partial charge is 0.287 e. The zero-order valence-corrected chi connectivity index (χ0v) is 13.9. The van der Waals surface area contributed by atoms with Gasteiger partial charge in [-0.1, -0.05) is 30.3 Å². The van der Waals surface area contributed by atoms with Gasteiger partial charge in [0, 0.05) is 16.5 Å². The Bertz CT molecular complexity index is 928. The molecule has 0 spiro atoms. The minimum atomic E-state index is -0.582. The summed E-state index contributed by atoms with van der Waals surface area (Å²) in [6, 6.07) is 13.8. The topological polar surface area (TPSA) is 91.6 Å². The fourth-order valence-corrected chi connectivity index (χ4v) is 2.72. The number of furan rings is 1. The van der Waals surface area contributed by atoms with E-state index in [9.17, 15) is 9.59 Å². The Morgan fingerprint density at radius 3 is 2.36 bits per heavy atom. The van der Waals surface area contributed by atoms with E-state index in [2.05, 4.69) is 5.32 Å². The number of benzene rings is 2. The molecule has 128 valence electrons. The fourth-order valence-electron chi connectivity index (χ4n) is 2.72. The van der Waals surface area contributed by atoms with Gasteiger partial charge in [-0.2, -0.15) is 0 Å². The van der Waals surface area contributed by atoms with Crippen molar-refractivity contribution >= 4 is 22.8 Å². The molecule has 3 N–H and O–H groups in total. The summed E-state index contributed by atoms with van der Waals surface area (Å²) >= 11 is 0. The molecule has 1 aromatic heterocycles. The van der Waals surface area contributed by atoms with Crippen molar-refractivity contribution in [3.05, 3.63) is 71.0 Å². The Morgan fingerprint density at radius 2 is 1.72 bits per heavy atom. The minimum Gasteiger partial charge on any atom is -0.451 e. The maximum atomic E-state index is 12.5. The van der Waals surface area contributed by atoms with Crippen LogP contribution in [0.25, 0.3) is 11.0 Å². The number of aryl methyl sites for hydroxylation is 1. The van der Waals surface area contributed by atoms with Crippen molar-refractivity contribution in [1.29, 1.82) is 0 Å². The summed E-state index contributed by atoms with van der Waals surface area (Å²) in [5, 5.41) is 12.4. The van der Waals surface area contributed by atoms with Crippen molar-refractivity contribution in [2.75, 3.05) is 0 Å². The van der Waals surface area contributed by atoms with Gasteiger partial charge in [-0.15, -0.1) is 0 Å². The lowest BCUT2D eigenvalue weighted by Gasteiger charge is -2.14. The molecule has 1 unspecified atom stereocenters. The van der Waals surface area contributed by atoms with Crippen LogP contribution in [0.5, 0.6) is 0 Å². The third-order valence-corrected chi connectivity index (χ3v) is 4.17. The van der Waals surface area contributed by atoms with Crippen LogP contribution in [-0.2, 0) is 0 Å². The summed E-state index contributed by atoms with van der Waals surface area (Å²) in [5.74, 6) is -0.580. The predicted molar refractivity (Wildman–Crippen MR) is 92.5 cm³/mol. The second-order valence-corrected chi connectivity index (χ2v) is 5.81. The standard InChI is InChI=1S/C19H18N2O4/c1-11-15-5-3-4-6-16(15)25-17(11)19(23)20-12(2)13-7-9-14(10-8-13)18(22)21-24/h3-10,12,24H,1-2H3,(H,20,23)(H,21,22). The maximum Gasteiger partial charge on any atom is 0.287 e. The molecule has 0 aliphatic carbocycles. The van der Waals surface area contributed by atoms with E-state index < -0.39 is 5.91 Å². The molecule has 0 saturated heterocycles. The van der Waals surface area contributed by atoms with E-state index in [-0.39, 0.29) is 11.9 Å². The van der Waals surface area contributed by atoms with Crippen molar-refractivity contribution in [1.82, 2.24) is 10.8 Å². The van der Waals surface area contributed by atoms with Gasteiger partial charge in [0.2, 0.25) is 0 Å². The van der Waals surface area contributed by atoms with Crippen LogP contribution in [0.3, 0.4) is 0 Å². The van der Waals surface area contributed by atoms with Gasteiger partial charge in [0.25, 0.3) is 11.8 Å². The number of para-hydroxylation sites is 1. The number of amides is 2. The Kier molecular flexibility index (Phi) is 4.54. The van der Waals surface area contributed by atoms with E-state index in [1.165, 1.54) is 0 Å². The number of hydrogen-bond acceptors (Lipinski definition) is 4. The van der Waals surface area contributed by atoms with Gasteiger partial charge < -0.3 is 9.73 Å². The number of hydrogen-bond donors (Lipinski definition) is 3. The van der Waals surface area contributed by atoms with Crippen molar-refractivity contribution in [2.45, 2.75) is 19.9 Å². The highest BCUT2D eigenvalue weighted by molar-refractivity contribution is 5.99. The molecule has 3 rings (SSSR count). The van der Waals surface area contributed by atoms with Crippen molar-refractivity contribution in [3.63, 3.8) is 0 Å². The molecule has 6 nitrogen and oxygen atoms in total. The molecule has 0 fully saturated rings. The van der Waals surface area contributed by atoms with E-state index in [0.717, 1.165) is 16.5 Å². The van der Waals surface area contributed by atoms with Gasteiger partial charge in [-0.25, -0.2) is 5.48 Å². The Balaban J connectivity index is 1.77. The quantitative estimate of drug-likeness (QED) is 0.502. The first-order valence-electron chi connectivity index (χ1n) is 7.84. The summed E-state index contributed by atoms with van der Waals surface area (Å²) in [6.45, 7) is 3.70. The SMILES string of the molecule is Cc1c(C(=O)NC(C)c2ccc(C(=O)NO)cc2)oc2ccccc12. The molecule has 0 saturated carbocycles. The molecule has 1 heterocycles. The molecular formula is C19H18N2O4. The Hall–Kier alpha value is -3.12. The second kappa shape index (κ2) is 6.78. The Labute approximate surface area is 144 Å². The predicted octanol–water partition coefficient (Wildman–Crippen LogP) is 3.35. The lowest BCUT2D eigenvalue weighted by Crippen LogP contribution is -2.27. The van der Waals surface area contributed by atoms with Crippen molar-refractivity contribution in [3.8, 4) is 0 Å². The number of fused-ring (bicyclic) bond motifs is 1. The average Bonchev–Trinajstić information content (AvgIpc) is 2.98. The molecule has 0 bridgehead atoms. The minimum absolute atomic E-state index is 0.272. The highest BCUT2D eigenvalue weighted by Gasteiger charge is 2.19. The number of nitrogens with one attached hydrogen (secondary N) is 2. The van der Waals surface area contributed by atoms with Gasteiger partial charge in [-0.05, 0) is 37.6 Å². The number of carbonyl (C=O) groups is 2. The number of hydroxylamine groups is 1. The van der Waals surface area contributed by atoms with Gasteiger partial charge in [-0.3, -0.25) is 14.8 Å². The van der Waals surface area contributed by atoms with Crippen LogP contribution in [0.15, 0.2) is 52.9 Å². The third kappa shape index (κ3) is 3.25. The zero-order chi connectivity index (χ0) is 18.0. The van der Waals surface area contributed by atoms with Crippen LogP contribution >= 0.6 is 0 Å². The molecule has 0 aliphatic rings. The van der Waals surface area contributed by atoms with Crippen LogP contribution in [0.4, 0.5) is 0 Å². The van der Waals surface area contributed by atoms with Gasteiger partial charge >= 0.3 is 0 Å². The van der Waals surface area contributed by atoms with Crippen LogP contribution in [0, 0.1) is 6.92 Å². The van der Waals surface area contributed by atoms with E-state index in [1.54, 1.807) is 29.7 Å². The zero-order valence-electron chi connectivity index (χ0n) is 13.9. The molecular weight excluding hydrogens is 320 g/mol. The lowest BCUT2D eigenvalue weighted by molar-refractivity contribution is 0.0706. The van der Waals surface area contributed by atoms with E-state index in [4.69, 9.17) is 9.62 Å². The molecule has 6 heteroatoms. The van der Waals surface area contributed by atoms with Gasteiger partial charge in [0.1, 0.15) is 5.58 Å². The van der Waals surface area contributed by atoms with Crippen LogP contribution < -0.4 is 10.8 Å². The van der Waals surface area contributed by atoms with Crippen molar-refractivity contribution < 1.29 is 19.2 Å². The largest absolute Gasteiger partial charge is 0.451 e. The lowest BCUT2D eigenvalue weighted by atomic mass is 10.1. The first-order valence-corrected chi connectivity index (χ1v) is 7.84. The van der Waals surface area contributed by atoms with Gasteiger partial charge in [0.15, 0.2) is 5.76 Å². The summed E-state index contributed by atoms with van der Waals surface area (Å²) in [5.41, 5.74) is 4.22. The van der Waals surface area contributed by atoms with Gasteiger partial charge in [0.05, 0.1) is 6.04 Å². The first kappa shape index (κ1) is 16.7. The number of rotatable bonds is 4.